The molecule has 4 nitrogen and oxygen atoms in total. The van der Waals surface area contributed by atoms with E-state index >= 15 is 0 Å². The number of rotatable bonds is 4. The summed E-state index contributed by atoms with van der Waals surface area (Å²) in [5.74, 6) is -8.95. The minimum absolute atomic E-state index is 0.0788. The summed E-state index contributed by atoms with van der Waals surface area (Å²) in [5.41, 5.74) is -2.42. The van der Waals surface area contributed by atoms with Crippen LogP contribution in [0.15, 0.2) is 18.2 Å². The first kappa shape index (κ1) is 19.5. The van der Waals surface area contributed by atoms with E-state index in [4.69, 9.17) is 9.47 Å². The van der Waals surface area contributed by atoms with Gasteiger partial charge in [0.05, 0.1) is 30.0 Å². The second kappa shape index (κ2) is 7.20. The summed E-state index contributed by atoms with van der Waals surface area (Å²) in [5, 5.41) is 0. The highest BCUT2D eigenvalue weighted by atomic mass is 19.2. The number of carbonyl (C=O) groups excluding carboxylic acids is 1. The van der Waals surface area contributed by atoms with Crippen molar-refractivity contribution in [2.75, 3.05) is 12.0 Å². The molecule has 2 aromatic carbocycles. The van der Waals surface area contributed by atoms with E-state index in [2.05, 4.69) is 0 Å². The molecule has 1 fully saturated rings. The SMILES string of the molecule is COc1ccc(N2C(=O)c3c(F)c(F)c(F)c(F)c3C2F)cc1OC1CCCC1. The van der Waals surface area contributed by atoms with Gasteiger partial charge in [-0.2, -0.15) is 0 Å². The number of benzene rings is 2. The van der Waals surface area contributed by atoms with E-state index in [1.807, 2.05) is 0 Å². The third-order valence-electron chi connectivity index (χ3n) is 5.22. The topological polar surface area (TPSA) is 38.8 Å². The van der Waals surface area contributed by atoms with Crippen molar-refractivity contribution in [1.29, 1.82) is 0 Å². The Morgan fingerprint density at radius 2 is 1.62 bits per heavy atom. The third-order valence-corrected chi connectivity index (χ3v) is 5.22. The molecular weight excluding hydrogens is 397 g/mol. The molecule has 0 N–H and O–H groups in total. The number of hydrogen-bond donors (Lipinski definition) is 0. The Bertz CT molecular complexity index is 991. The van der Waals surface area contributed by atoms with Crippen molar-refractivity contribution in [3.8, 4) is 11.5 Å². The minimum atomic E-state index is -2.53. The zero-order valence-electron chi connectivity index (χ0n) is 15.3. The molecule has 1 heterocycles. The smallest absolute Gasteiger partial charge is 0.264 e. The van der Waals surface area contributed by atoms with Crippen molar-refractivity contribution in [3.05, 3.63) is 52.6 Å². The first-order valence-electron chi connectivity index (χ1n) is 9.03. The van der Waals surface area contributed by atoms with Crippen LogP contribution in [0.3, 0.4) is 0 Å². The Kier molecular flexibility index (Phi) is 4.84. The maximum absolute atomic E-state index is 14.9. The lowest BCUT2D eigenvalue weighted by atomic mass is 10.1. The highest BCUT2D eigenvalue weighted by molar-refractivity contribution is 6.11. The number of carbonyl (C=O) groups is 1. The molecule has 1 amide bonds. The van der Waals surface area contributed by atoms with Crippen LogP contribution in [-0.2, 0) is 0 Å². The lowest BCUT2D eigenvalue weighted by Crippen LogP contribution is -2.26. The molecule has 4 rings (SSSR count). The quantitative estimate of drug-likeness (QED) is 0.299. The molecule has 0 aromatic heterocycles. The summed E-state index contributed by atoms with van der Waals surface area (Å²) >= 11 is 0. The van der Waals surface area contributed by atoms with Crippen LogP contribution in [-0.4, -0.2) is 19.1 Å². The standard InChI is InChI=1S/C20H16F5NO3/c1-28-11-7-6-9(8-12(11)29-10-4-2-3-5-10)26-19(25)13-14(20(26)27)16(22)18(24)17(23)15(13)21/h6-8,10,19H,2-5H2,1H3. The van der Waals surface area contributed by atoms with Gasteiger partial charge in [-0.15, -0.1) is 0 Å². The van der Waals surface area contributed by atoms with Crippen LogP contribution < -0.4 is 14.4 Å². The molecule has 2 aromatic rings. The first-order chi connectivity index (χ1) is 13.8. The largest absolute Gasteiger partial charge is 0.493 e. The molecule has 154 valence electrons. The molecule has 0 radical (unpaired) electrons. The normalized spacial score (nSPS) is 19.0. The predicted molar refractivity (Wildman–Crippen MR) is 92.8 cm³/mol. The maximum atomic E-state index is 14.9. The molecular formula is C20H16F5NO3. The number of nitrogens with zero attached hydrogens (tertiary/aromatic N) is 1. The van der Waals surface area contributed by atoms with Crippen LogP contribution in [0.1, 0.15) is 47.9 Å². The van der Waals surface area contributed by atoms with Crippen LogP contribution >= 0.6 is 0 Å². The molecule has 0 spiro atoms. The molecule has 9 heteroatoms. The van der Waals surface area contributed by atoms with E-state index in [9.17, 15) is 26.7 Å². The fraction of sp³-hybridized carbons (Fsp3) is 0.350. The van der Waals surface area contributed by atoms with E-state index in [-0.39, 0.29) is 17.5 Å². The molecule has 29 heavy (non-hydrogen) atoms. The van der Waals surface area contributed by atoms with Gasteiger partial charge in [-0.1, -0.05) is 0 Å². The Labute approximate surface area is 162 Å². The summed E-state index contributed by atoms with van der Waals surface area (Å²) in [4.78, 5) is 13.0. The number of halogens is 5. The molecule has 0 bridgehead atoms. The molecule has 1 unspecified atom stereocenters. The molecule has 0 saturated heterocycles. The summed E-state index contributed by atoms with van der Waals surface area (Å²) in [6, 6.07) is 4.01. The van der Waals surface area contributed by atoms with Crippen LogP contribution in [0.2, 0.25) is 0 Å². The fourth-order valence-corrected chi connectivity index (χ4v) is 3.78. The van der Waals surface area contributed by atoms with Crippen LogP contribution in [0.5, 0.6) is 11.5 Å². The Morgan fingerprint density at radius 3 is 2.28 bits per heavy atom. The number of methoxy groups -OCH3 is 1. The van der Waals surface area contributed by atoms with E-state index in [0.29, 0.717) is 10.6 Å². The molecule has 2 aliphatic rings. The summed E-state index contributed by atoms with van der Waals surface area (Å²) in [6.45, 7) is 0. The predicted octanol–water partition coefficient (Wildman–Crippen LogP) is 5.20. The van der Waals surface area contributed by atoms with E-state index < -0.39 is 46.6 Å². The van der Waals surface area contributed by atoms with Crippen molar-refractivity contribution in [3.63, 3.8) is 0 Å². The van der Waals surface area contributed by atoms with Crippen LogP contribution in [0.25, 0.3) is 0 Å². The van der Waals surface area contributed by atoms with Crippen molar-refractivity contribution in [1.82, 2.24) is 0 Å². The third kappa shape index (κ3) is 2.99. The number of fused-ring (bicyclic) bond motifs is 1. The number of alkyl halides is 1. The Hall–Kier alpha value is -2.84. The van der Waals surface area contributed by atoms with Gasteiger partial charge in [-0.3, -0.25) is 9.69 Å². The van der Waals surface area contributed by atoms with Crippen molar-refractivity contribution in [2.45, 2.75) is 38.1 Å². The number of ether oxygens (including phenoxy) is 2. The van der Waals surface area contributed by atoms with Gasteiger partial charge < -0.3 is 9.47 Å². The summed E-state index contributed by atoms with van der Waals surface area (Å²) in [6.07, 6.45) is 1.02. The van der Waals surface area contributed by atoms with Crippen molar-refractivity contribution >= 4 is 11.6 Å². The van der Waals surface area contributed by atoms with Gasteiger partial charge in [0.2, 0.25) is 6.30 Å². The summed E-state index contributed by atoms with van der Waals surface area (Å²) < 4.78 is 81.3. The first-order valence-corrected chi connectivity index (χ1v) is 9.03. The van der Waals surface area contributed by atoms with Gasteiger partial charge in [-0.25, -0.2) is 22.0 Å². The molecule has 1 aliphatic carbocycles. The van der Waals surface area contributed by atoms with E-state index in [1.165, 1.54) is 25.3 Å². The van der Waals surface area contributed by atoms with Gasteiger partial charge in [0.1, 0.15) is 0 Å². The average Bonchev–Trinajstić information content (AvgIpc) is 3.30. The minimum Gasteiger partial charge on any atom is -0.493 e. The van der Waals surface area contributed by atoms with E-state index in [0.717, 1.165) is 25.7 Å². The molecule has 1 aliphatic heterocycles. The monoisotopic (exact) mass is 413 g/mol. The van der Waals surface area contributed by atoms with Gasteiger partial charge in [0.15, 0.2) is 34.8 Å². The second-order valence-corrected chi connectivity index (χ2v) is 6.92. The maximum Gasteiger partial charge on any atom is 0.264 e. The zero-order valence-corrected chi connectivity index (χ0v) is 15.3. The lowest BCUT2D eigenvalue weighted by Gasteiger charge is -2.22. The molecule has 1 atom stereocenters. The second-order valence-electron chi connectivity index (χ2n) is 6.92. The summed E-state index contributed by atoms with van der Waals surface area (Å²) in [7, 11) is 1.40. The Balaban J connectivity index is 1.76. The molecule has 1 saturated carbocycles. The number of anilines is 1. The van der Waals surface area contributed by atoms with E-state index in [1.54, 1.807) is 0 Å². The average molecular weight is 413 g/mol. The van der Waals surface area contributed by atoms with Gasteiger partial charge in [0.25, 0.3) is 5.91 Å². The van der Waals surface area contributed by atoms with Crippen LogP contribution in [0.4, 0.5) is 27.6 Å². The lowest BCUT2D eigenvalue weighted by molar-refractivity contribution is 0.0971. The van der Waals surface area contributed by atoms with Gasteiger partial charge >= 0.3 is 0 Å². The zero-order chi connectivity index (χ0) is 20.9. The fourth-order valence-electron chi connectivity index (χ4n) is 3.78. The van der Waals surface area contributed by atoms with Crippen molar-refractivity contribution in [2.24, 2.45) is 0 Å². The number of hydrogen-bond acceptors (Lipinski definition) is 3. The van der Waals surface area contributed by atoms with Gasteiger partial charge in [-0.05, 0) is 37.8 Å². The Morgan fingerprint density at radius 1 is 0.966 bits per heavy atom. The highest BCUT2D eigenvalue weighted by Crippen LogP contribution is 2.44. The van der Waals surface area contributed by atoms with Crippen molar-refractivity contribution < 1.29 is 36.2 Å². The van der Waals surface area contributed by atoms with Crippen LogP contribution in [0, 0.1) is 23.3 Å². The van der Waals surface area contributed by atoms with Gasteiger partial charge in [0, 0.05) is 6.07 Å². The number of amides is 1. The highest BCUT2D eigenvalue weighted by Gasteiger charge is 2.45.